The number of nitrogens with zero attached hydrogens (tertiary/aromatic N) is 3. The van der Waals surface area contributed by atoms with Crippen LogP contribution >= 0.6 is 0 Å². The Kier molecular flexibility index (Phi) is 4.00. The van der Waals surface area contributed by atoms with Crippen LogP contribution in [-0.4, -0.2) is 27.5 Å². The SMILES string of the molecule is CCOC(=O)c1cnc(NC2(c3cccnc3)CCC2)nc1. The Balaban J connectivity index is 1.76. The van der Waals surface area contributed by atoms with Gasteiger partial charge in [-0.2, -0.15) is 0 Å². The fraction of sp³-hybridized carbons (Fsp3) is 0.375. The third-order valence-electron chi connectivity index (χ3n) is 3.94. The van der Waals surface area contributed by atoms with Crippen LogP contribution in [0.1, 0.15) is 42.1 Å². The Morgan fingerprint density at radius 1 is 1.32 bits per heavy atom. The zero-order valence-corrected chi connectivity index (χ0v) is 12.5. The highest BCUT2D eigenvalue weighted by atomic mass is 16.5. The van der Waals surface area contributed by atoms with Crippen molar-refractivity contribution in [2.75, 3.05) is 11.9 Å². The largest absolute Gasteiger partial charge is 0.462 e. The van der Waals surface area contributed by atoms with Crippen LogP contribution in [0.25, 0.3) is 0 Å². The molecule has 0 saturated heterocycles. The summed E-state index contributed by atoms with van der Waals surface area (Å²) in [6.45, 7) is 2.10. The lowest BCUT2D eigenvalue weighted by atomic mass is 9.72. The highest BCUT2D eigenvalue weighted by molar-refractivity contribution is 5.88. The Hall–Kier alpha value is -2.50. The van der Waals surface area contributed by atoms with E-state index in [4.69, 9.17) is 4.74 Å². The van der Waals surface area contributed by atoms with E-state index in [1.165, 1.54) is 12.4 Å². The standard InChI is InChI=1S/C16H18N4O2/c1-2-22-14(21)12-9-18-15(19-10-12)20-16(6-4-7-16)13-5-3-8-17-11-13/h3,5,8-11H,2,4,6-7H2,1H3,(H,18,19,20). The van der Waals surface area contributed by atoms with Crippen LogP contribution in [0.3, 0.4) is 0 Å². The normalized spacial score (nSPS) is 15.7. The minimum Gasteiger partial charge on any atom is -0.462 e. The smallest absolute Gasteiger partial charge is 0.341 e. The average Bonchev–Trinajstić information content (AvgIpc) is 2.52. The Labute approximate surface area is 129 Å². The van der Waals surface area contributed by atoms with E-state index < -0.39 is 5.97 Å². The summed E-state index contributed by atoms with van der Waals surface area (Å²) in [5.41, 5.74) is 1.34. The predicted molar refractivity (Wildman–Crippen MR) is 81.4 cm³/mol. The molecule has 0 aliphatic heterocycles. The lowest BCUT2D eigenvalue weighted by molar-refractivity contribution is 0.0525. The molecule has 0 amide bonds. The number of rotatable bonds is 5. The van der Waals surface area contributed by atoms with Crippen molar-refractivity contribution in [2.45, 2.75) is 31.7 Å². The highest BCUT2D eigenvalue weighted by Gasteiger charge is 2.39. The van der Waals surface area contributed by atoms with Gasteiger partial charge in [-0.05, 0) is 37.8 Å². The van der Waals surface area contributed by atoms with Gasteiger partial charge in [0.1, 0.15) is 0 Å². The number of nitrogens with one attached hydrogen (secondary N) is 1. The van der Waals surface area contributed by atoms with Crippen molar-refractivity contribution in [1.82, 2.24) is 15.0 Å². The van der Waals surface area contributed by atoms with Gasteiger partial charge in [-0.1, -0.05) is 6.07 Å². The summed E-state index contributed by atoms with van der Waals surface area (Å²) in [7, 11) is 0. The van der Waals surface area contributed by atoms with Crippen LogP contribution in [-0.2, 0) is 10.3 Å². The lowest BCUT2D eigenvalue weighted by Gasteiger charge is -2.42. The Bertz CT molecular complexity index is 639. The third-order valence-corrected chi connectivity index (χ3v) is 3.94. The molecule has 0 atom stereocenters. The van der Waals surface area contributed by atoms with E-state index >= 15 is 0 Å². The number of carbonyl (C=O) groups excluding carboxylic acids is 1. The predicted octanol–water partition coefficient (Wildman–Crippen LogP) is 2.54. The molecule has 1 aliphatic carbocycles. The number of ether oxygens (including phenoxy) is 1. The van der Waals surface area contributed by atoms with Crippen molar-refractivity contribution in [1.29, 1.82) is 0 Å². The average molecular weight is 298 g/mol. The molecule has 0 radical (unpaired) electrons. The van der Waals surface area contributed by atoms with Crippen molar-refractivity contribution < 1.29 is 9.53 Å². The fourth-order valence-corrected chi connectivity index (χ4v) is 2.59. The number of pyridine rings is 1. The maximum atomic E-state index is 11.6. The quantitative estimate of drug-likeness (QED) is 0.855. The molecule has 0 aromatic carbocycles. The number of esters is 1. The number of hydrogen-bond acceptors (Lipinski definition) is 6. The van der Waals surface area contributed by atoms with Crippen LogP contribution in [0.4, 0.5) is 5.95 Å². The Morgan fingerprint density at radius 2 is 2.09 bits per heavy atom. The van der Waals surface area contributed by atoms with Crippen LogP contribution in [0.15, 0.2) is 36.9 Å². The first-order chi connectivity index (χ1) is 10.7. The molecule has 0 bridgehead atoms. The van der Waals surface area contributed by atoms with Gasteiger partial charge in [0.2, 0.25) is 5.95 Å². The van der Waals surface area contributed by atoms with E-state index in [2.05, 4.69) is 26.3 Å². The van der Waals surface area contributed by atoms with E-state index in [-0.39, 0.29) is 5.54 Å². The first-order valence-electron chi connectivity index (χ1n) is 7.41. The molecule has 0 spiro atoms. The van der Waals surface area contributed by atoms with Crippen molar-refractivity contribution in [3.63, 3.8) is 0 Å². The second-order valence-corrected chi connectivity index (χ2v) is 5.32. The maximum absolute atomic E-state index is 11.6. The summed E-state index contributed by atoms with van der Waals surface area (Å²) >= 11 is 0. The van der Waals surface area contributed by atoms with Gasteiger partial charge in [-0.25, -0.2) is 14.8 Å². The molecule has 1 aliphatic rings. The van der Waals surface area contributed by atoms with Gasteiger partial charge >= 0.3 is 5.97 Å². The molecule has 2 heterocycles. The molecular weight excluding hydrogens is 280 g/mol. The van der Waals surface area contributed by atoms with Crippen molar-refractivity contribution in [3.8, 4) is 0 Å². The summed E-state index contributed by atoms with van der Waals surface area (Å²) in [6.07, 6.45) is 9.80. The van der Waals surface area contributed by atoms with Gasteiger partial charge in [-0.15, -0.1) is 0 Å². The summed E-state index contributed by atoms with van der Waals surface area (Å²) in [5, 5.41) is 3.39. The lowest BCUT2D eigenvalue weighted by Crippen LogP contribution is -2.42. The van der Waals surface area contributed by atoms with E-state index in [1.54, 1.807) is 13.1 Å². The molecule has 2 aromatic rings. The molecule has 6 nitrogen and oxygen atoms in total. The Morgan fingerprint density at radius 3 is 2.64 bits per heavy atom. The highest BCUT2D eigenvalue weighted by Crippen LogP contribution is 2.43. The molecule has 1 saturated carbocycles. The van der Waals surface area contributed by atoms with E-state index in [0.717, 1.165) is 24.8 Å². The van der Waals surface area contributed by atoms with Gasteiger partial charge in [0, 0.05) is 24.8 Å². The van der Waals surface area contributed by atoms with Gasteiger partial charge in [-0.3, -0.25) is 4.98 Å². The summed E-state index contributed by atoms with van der Waals surface area (Å²) in [4.78, 5) is 24.3. The van der Waals surface area contributed by atoms with Crippen LogP contribution in [0, 0.1) is 0 Å². The zero-order valence-electron chi connectivity index (χ0n) is 12.5. The molecule has 114 valence electrons. The molecule has 1 N–H and O–H groups in total. The van der Waals surface area contributed by atoms with E-state index in [9.17, 15) is 4.79 Å². The number of aromatic nitrogens is 3. The summed E-state index contributed by atoms with van der Waals surface area (Å²) in [5.74, 6) is 0.108. The van der Waals surface area contributed by atoms with Gasteiger partial charge in [0.05, 0.1) is 17.7 Å². The topological polar surface area (TPSA) is 77.0 Å². The van der Waals surface area contributed by atoms with E-state index in [1.807, 2.05) is 12.3 Å². The monoisotopic (exact) mass is 298 g/mol. The molecule has 22 heavy (non-hydrogen) atoms. The molecule has 1 fully saturated rings. The van der Waals surface area contributed by atoms with E-state index in [0.29, 0.717) is 18.1 Å². The minimum absolute atomic E-state index is 0.153. The van der Waals surface area contributed by atoms with Gasteiger partial charge in [0.25, 0.3) is 0 Å². The van der Waals surface area contributed by atoms with Crippen LogP contribution < -0.4 is 5.32 Å². The maximum Gasteiger partial charge on any atom is 0.341 e. The van der Waals surface area contributed by atoms with Crippen LogP contribution in [0.2, 0.25) is 0 Å². The van der Waals surface area contributed by atoms with Crippen LogP contribution in [0.5, 0.6) is 0 Å². The molecule has 0 unspecified atom stereocenters. The summed E-state index contributed by atoms with van der Waals surface area (Å²) in [6, 6.07) is 3.99. The number of anilines is 1. The molecule has 6 heteroatoms. The van der Waals surface area contributed by atoms with Gasteiger partial charge < -0.3 is 10.1 Å². The number of carbonyl (C=O) groups is 1. The second kappa shape index (κ2) is 6.09. The first-order valence-corrected chi connectivity index (χ1v) is 7.41. The van der Waals surface area contributed by atoms with Gasteiger partial charge in [0.15, 0.2) is 0 Å². The molecule has 2 aromatic heterocycles. The first kappa shape index (κ1) is 14.4. The zero-order chi connectivity index (χ0) is 15.4. The van der Waals surface area contributed by atoms with Crippen molar-refractivity contribution >= 4 is 11.9 Å². The molecule has 3 rings (SSSR count). The second-order valence-electron chi connectivity index (χ2n) is 5.32. The minimum atomic E-state index is -0.403. The third kappa shape index (κ3) is 2.77. The fourth-order valence-electron chi connectivity index (χ4n) is 2.59. The number of hydrogen-bond donors (Lipinski definition) is 1. The molecular formula is C16H18N4O2. The van der Waals surface area contributed by atoms with Crippen molar-refractivity contribution in [2.24, 2.45) is 0 Å². The summed E-state index contributed by atoms with van der Waals surface area (Å²) < 4.78 is 4.92. The van der Waals surface area contributed by atoms with Crippen molar-refractivity contribution in [3.05, 3.63) is 48.0 Å².